The van der Waals surface area contributed by atoms with Crippen LogP contribution in [0.3, 0.4) is 0 Å². The number of rotatable bonds is 5. The van der Waals surface area contributed by atoms with E-state index in [9.17, 15) is 8.42 Å². The third kappa shape index (κ3) is 3.96. The predicted octanol–water partition coefficient (Wildman–Crippen LogP) is 1.78. The molecule has 0 amide bonds. The Morgan fingerprint density at radius 3 is 2.24 bits per heavy atom. The highest BCUT2D eigenvalue weighted by atomic mass is 32.2. The SMILES string of the molecule is CS(=O)(=O)c1ccc(NCc2ccc(CO)cc2)c(N)c1. The number of anilines is 2. The van der Waals surface area contributed by atoms with Crippen molar-refractivity contribution in [2.75, 3.05) is 17.3 Å². The maximum absolute atomic E-state index is 11.4. The summed E-state index contributed by atoms with van der Waals surface area (Å²) in [7, 11) is -3.25. The maximum Gasteiger partial charge on any atom is 0.175 e. The molecule has 2 aromatic rings. The summed E-state index contributed by atoms with van der Waals surface area (Å²) < 4.78 is 22.9. The molecule has 5 nitrogen and oxygen atoms in total. The van der Waals surface area contributed by atoms with Gasteiger partial charge in [0.2, 0.25) is 0 Å². The Labute approximate surface area is 124 Å². The van der Waals surface area contributed by atoms with Gasteiger partial charge in [0.25, 0.3) is 0 Å². The number of hydrogen-bond donors (Lipinski definition) is 3. The molecule has 0 unspecified atom stereocenters. The van der Waals surface area contributed by atoms with Gasteiger partial charge in [0, 0.05) is 12.8 Å². The molecule has 21 heavy (non-hydrogen) atoms. The predicted molar refractivity (Wildman–Crippen MR) is 83.7 cm³/mol. The second-order valence-electron chi connectivity index (χ2n) is 4.85. The second kappa shape index (κ2) is 6.15. The number of aliphatic hydroxyl groups is 1. The molecule has 0 aliphatic rings. The van der Waals surface area contributed by atoms with E-state index in [0.717, 1.165) is 17.4 Å². The molecular formula is C15H18N2O3S. The fourth-order valence-corrected chi connectivity index (χ4v) is 2.55. The highest BCUT2D eigenvalue weighted by Gasteiger charge is 2.09. The van der Waals surface area contributed by atoms with Crippen molar-refractivity contribution in [3.8, 4) is 0 Å². The molecule has 2 rings (SSSR count). The first-order valence-electron chi connectivity index (χ1n) is 6.42. The van der Waals surface area contributed by atoms with E-state index in [1.807, 2.05) is 24.3 Å². The Hall–Kier alpha value is -2.05. The van der Waals surface area contributed by atoms with Crippen LogP contribution in [0.5, 0.6) is 0 Å². The number of hydrogen-bond acceptors (Lipinski definition) is 5. The van der Waals surface area contributed by atoms with Gasteiger partial charge in [0.05, 0.1) is 22.9 Å². The van der Waals surface area contributed by atoms with Crippen molar-refractivity contribution < 1.29 is 13.5 Å². The van der Waals surface area contributed by atoms with Crippen LogP contribution in [0.1, 0.15) is 11.1 Å². The van der Waals surface area contributed by atoms with Crippen molar-refractivity contribution in [2.45, 2.75) is 18.0 Å². The zero-order chi connectivity index (χ0) is 15.5. The van der Waals surface area contributed by atoms with Gasteiger partial charge in [0.1, 0.15) is 0 Å². The van der Waals surface area contributed by atoms with Gasteiger partial charge in [-0.3, -0.25) is 0 Å². The minimum absolute atomic E-state index is 0.0214. The number of nitrogen functional groups attached to an aromatic ring is 1. The second-order valence-corrected chi connectivity index (χ2v) is 6.87. The molecule has 0 spiro atoms. The molecule has 0 fully saturated rings. The molecule has 0 radical (unpaired) electrons. The van der Waals surface area contributed by atoms with Crippen LogP contribution in [0.25, 0.3) is 0 Å². The molecule has 112 valence electrons. The van der Waals surface area contributed by atoms with Crippen molar-refractivity contribution in [2.24, 2.45) is 0 Å². The Kier molecular flexibility index (Phi) is 4.50. The summed E-state index contributed by atoms with van der Waals surface area (Å²) >= 11 is 0. The van der Waals surface area contributed by atoms with E-state index >= 15 is 0 Å². The summed E-state index contributed by atoms with van der Waals surface area (Å²) in [4.78, 5) is 0.206. The fraction of sp³-hybridized carbons (Fsp3) is 0.200. The lowest BCUT2D eigenvalue weighted by atomic mass is 10.1. The maximum atomic E-state index is 11.4. The van der Waals surface area contributed by atoms with Crippen molar-refractivity contribution >= 4 is 21.2 Å². The first-order valence-corrected chi connectivity index (χ1v) is 8.31. The Balaban J connectivity index is 2.09. The Morgan fingerprint density at radius 2 is 1.71 bits per heavy atom. The number of benzene rings is 2. The van der Waals surface area contributed by atoms with Gasteiger partial charge in [0.15, 0.2) is 9.84 Å². The third-order valence-electron chi connectivity index (χ3n) is 3.14. The van der Waals surface area contributed by atoms with Crippen molar-refractivity contribution in [3.63, 3.8) is 0 Å². The van der Waals surface area contributed by atoms with Gasteiger partial charge in [-0.2, -0.15) is 0 Å². The molecule has 2 aromatic carbocycles. The van der Waals surface area contributed by atoms with Crippen LogP contribution < -0.4 is 11.1 Å². The normalized spacial score (nSPS) is 11.3. The smallest absolute Gasteiger partial charge is 0.175 e. The number of sulfone groups is 1. The van der Waals surface area contributed by atoms with Crippen molar-refractivity contribution in [1.29, 1.82) is 0 Å². The van der Waals surface area contributed by atoms with E-state index in [1.165, 1.54) is 12.1 Å². The highest BCUT2D eigenvalue weighted by molar-refractivity contribution is 7.90. The third-order valence-corrected chi connectivity index (χ3v) is 4.25. The summed E-state index contributed by atoms with van der Waals surface area (Å²) in [5.74, 6) is 0. The zero-order valence-corrected chi connectivity index (χ0v) is 12.5. The quantitative estimate of drug-likeness (QED) is 0.732. The van der Waals surface area contributed by atoms with Gasteiger partial charge in [-0.15, -0.1) is 0 Å². The van der Waals surface area contributed by atoms with Crippen molar-refractivity contribution in [1.82, 2.24) is 0 Å². The molecule has 0 aliphatic carbocycles. The first kappa shape index (κ1) is 15.3. The van der Waals surface area contributed by atoms with Crippen LogP contribution >= 0.6 is 0 Å². The molecule has 6 heteroatoms. The van der Waals surface area contributed by atoms with Crippen LogP contribution in [-0.4, -0.2) is 19.8 Å². The van der Waals surface area contributed by atoms with Gasteiger partial charge >= 0.3 is 0 Å². The molecule has 0 heterocycles. The molecule has 0 saturated carbocycles. The van der Waals surface area contributed by atoms with E-state index in [4.69, 9.17) is 10.8 Å². The minimum Gasteiger partial charge on any atom is -0.397 e. The molecule has 0 aromatic heterocycles. The molecule has 0 aliphatic heterocycles. The van der Waals surface area contributed by atoms with Crippen molar-refractivity contribution in [3.05, 3.63) is 53.6 Å². The summed E-state index contributed by atoms with van der Waals surface area (Å²) in [5.41, 5.74) is 8.85. The molecular weight excluding hydrogens is 288 g/mol. The van der Waals surface area contributed by atoms with Gasteiger partial charge in [-0.25, -0.2) is 8.42 Å². The lowest BCUT2D eigenvalue weighted by Gasteiger charge is -2.11. The van der Waals surface area contributed by atoms with E-state index in [0.29, 0.717) is 17.9 Å². The minimum atomic E-state index is -3.25. The molecule has 0 atom stereocenters. The highest BCUT2D eigenvalue weighted by Crippen LogP contribution is 2.23. The average Bonchev–Trinajstić information content (AvgIpc) is 2.45. The Bertz CT molecular complexity index is 725. The monoisotopic (exact) mass is 306 g/mol. The zero-order valence-electron chi connectivity index (χ0n) is 11.7. The summed E-state index contributed by atoms with van der Waals surface area (Å²) in [6.07, 6.45) is 1.15. The van der Waals surface area contributed by atoms with Gasteiger partial charge < -0.3 is 16.2 Å². The van der Waals surface area contributed by atoms with E-state index in [-0.39, 0.29) is 11.5 Å². The standard InChI is InChI=1S/C15H18N2O3S/c1-21(19,20)13-6-7-15(14(16)8-13)17-9-11-2-4-12(10-18)5-3-11/h2-8,17-18H,9-10,16H2,1H3. The summed E-state index contributed by atoms with van der Waals surface area (Å²) in [5, 5.41) is 12.1. The molecule has 4 N–H and O–H groups in total. The topological polar surface area (TPSA) is 92.4 Å². The van der Waals surface area contributed by atoms with E-state index in [1.54, 1.807) is 6.07 Å². The average molecular weight is 306 g/mol. The fourth-order valence-electron chi connectivity index (χ4n) is 1.89. The van der Waals surface area contributed by atoms with Gasteiger partial charge in [-0.05, 0) is 29.3 Å². The lowest BCUT2D eigenvalue weighted by molar-refractivity contribution is 0.282. The van der Waals surface area contributed by atoms with E-state index < -0.39 is 9.84 Å². The number of aliphatic hydroxyl groups excluding tert-OH is 1. The van der Waals surface area contributed by atoms with Crippen LogP contribution in [0, 0.1) is 0 Å². The Morgan fingerprint density at radius 1 is 1.10 bits per heavy atom. The summed E-state index contributed by atoms with van der Waals surface area (Å²) in [6.45, 7) is 0.585. The number of nitrogens with two attached hydrogens (primary N) is 1. The molecule has 0 saturated heterocycles. The lowest BCUT2D eigenvalue weighted by Crippen LogP contribution is -2.04. The molecule has 0 bridgehead atoms. The van der Waals surface area contributed by atoms with Crippen LogP contribution in [0.2, 0.25) is 0 Å². The van der Waals surface area contributed by atoms with Gasteiger partial charge in [-0.1, -0.05) is 24.3 Å². The van der Waals surface area contributed by atoms with Crippen LogP contribution in [0.15, 0.2) is 47.4 Å². The van der Waals surface area contributed by atoms with E-state index in [2.05, 4.69) is 5.32 Å². The first-order chi connectivity index (χ1) is 9.90. The summed E-state index contributed by atoms with van der Waals surface area (Å²) in [6, 6.07) is 12.2. The van der Waals surface area contributed by atoms with Crippen LogP contribution in [-0.2, 0) is 23.0 Å². The largest absolute Gasteiger partial charge is 0.397 e. The number of nitrogens with one attached hydrogen (secondary N) is 1. The van der Waals surface area contributed by atoms with Crippen LogP contribution in [0.4, 0.5) is 11.4 Å².